The third-order valence-electron chi connectivity index (χ3n) is 3.88. The molecule has 0 radical (unpaired) electrons. The molecule has 0 aliphatic rings. The first-order chi connectivity index (χ1) is 13.6. The van der Waals surface area contributed by atoms with Crippen molar-refractivity contribution in [3.63, 3.8) is 0 Å². The highest BCUT2D eigenvalue weighted by Gasteiger charge is 2.37. The molecule has 3 aromatic rings. The topological polar surface area (TPSA) is 51.2 Å². The van der Waals surface area contributed by atoms with Crippen LogP contribution >= 0.6 is 0 Å². The number of anilines is 1. The Labute approximate surface area is 162 Å². The lowest BCUT2D eigenvalue weighted by Gasteiger charge is -2.13. The highest BCUT2D eigenvalue weighted by Crippen LogP contribution is 2.37. The van der Waals surface area contributed by atoms with Gasteiger partial charge in [-0.3, -0.25) is 4.79 Å². The van der Waals surface area contributed by atoms with Gasteiger partial charge in [0.1, 0.15) is 17.4 Å². The van der Waals surface area contributed by atoms with Gasteiger partial charge in [-0.15, -0.1) is 0 Å². The Hall–Kier alpha value is -3.49. The summed E-state index contributed by atoms with van der Waals surface area (Å²) in [5, 5.41) is 2.49. The molecular weight excluding hydrogens is 395 g/mol. The summed E-state index contributed by atoms with van der Waals surface area (Å²) < 4.78 is 71.2. The Morgan fingerprint density at radius 1 is 1.07 bits per heavy atom. The number of ether oxygens (including phenoxy) is 1. The number of nitrogens with zero attached hydrogens (tertiary/aromatic N) is 1. The first-order valence-electron chi connectivity index (χ1n) is 8.22. The third-order valence-corrected chi connectivity index (χ3v) is 3.88. The molecule has 1 amide bonds. The van der Waals surface area contributed by atoms with Gasteiger partial charge in [0.05, 0.1) is 11.8 Å². The van der Waals surface area contributed by atoms with Crippen LogP contribution in [0.25, 0.3) is 0 Å². The predicted octanol–water partition coefficient (Wildman–Crippen LogP) is 5.73. The van der Waals surface area contributed by atoms with E-state index in [0.717, 1.165) is 6.07 Å². The van der Waals surface area contributed by atoms with Gasteiger partial charge in [0.25, 0.3) is 5.91 Å². The van der Waals surface area contributed by atoms with Crippen LogP contribution in [0.1, 0.15) is 21.6 Å². The lowest BCUT2D eigenvalue weighted by molar-refractivity contribution is -0.142. The fourth-order valence-corrected chi connectivity index (χ4v) is 2.56. The first kappa shape index (κ1) is 20.2. The molecule has 1 N–H and O–H groups in total. The summed E-state index contributed by atoms with van der Waals surface area (Å²) in [6, 6.07) is 10.0. The number of rotatable bonds is 4. The molecule has 0 atom stereocenters. The average molecular weight is 408 g/mol. The van der Waals surface area contributed by atoms with Gasteiger partial charge in [0.15, 0.2) is 11.4 Å². The third kappa shape index (κ3) is 4.68. The first-order valence-corrected chi connectivity index (χ1v) is 8.22. The van der Waals surface area contributed by atoms with Crippen molar-refractivity contribution in [3.05, 3.63) is 83.2 Å². The molecule has 4 nitrogen and oxygen atoms in total. The van der Waals surface area contributed by atoms with Crippen LogP contribution in [0, 0.1) is 18.6 Å². The van der Waals surface area contributed by atoms with Gasteiger partial charge in [-0.05, 0) is 42.8 Å². The van der Waals surface area contributed by atoms with E-state index in [1.54, 1.807) is 13.0 Å². The van der Waals surface area contributed by atoms with Crippen LogP contribution in [0.4, 0.5) is 27.6 Å². The Balaban J connectivity index is 1.78. The van der Waals surface area contributed by atoms with Gasteiger partial charge in [0.2, 0.25) is 0 Å². The second-order valence-electron chi connectivity index (χ2n) is 6.01. The van der Waals surface area contributed by atoms with Crippen molar-refractivity contribution in [3.8, 4) is 11.5 Å². The van der Waals surface area contributed by atoms with Crippen LogP contribution in [-0.2, 0) is 6.18 Å². The average Bonchev–Trinajstić information content (AvgIpc) is 2.62. The van der Waals surface area contributed by atoms with E-state index in [4.69, 9.17) is 4.74 Å². The van der Waals surface area contributed by atoms with Crippen molar-refractivity contribution in [2.24, 2.45) is 0 Å². The fourth-order valence-electron chi connectivity index (χ4n) is 2.56. The van der Waals surface area contributed by atoms with E-state index in [0.29, 0.717) is 17.8 Å². The van der Waals surface area contributed by atoms with Crippen molar-refractivity contribution in [1.29, 1.82) is 0 Å². The van der Waals surface area contributed by atoms with E-state index in [1.807, 2.05) is 0 Å². The molecule has 29 heavy (non-hydrogen) atoms. The summed E-state index contributed by atoms with van der Waals surface area (Å²) in [6.45, 7) is 1.58. The Morgan fingerprint density at radius 3 is 2.38 bits per heavy atom. The van der Waals surface area contributed by atoms with Gasteiger partial charge < -0.3 is 10.1 Å². The largest absolute Gasteiger partial charge is 0.455 e. The Morgan fingerprint density at radius 2 is 1.76 bits per heavy atom. The van der Waals surface area contributed by atoms with Gasteiger partial charge >= 0.3 is 6.18 Å². The number of benzene rings is 2. The highest BCUT2D eigenvalue weighted by molar-refractivity contribution is 6.05. The van der Waals surface area contributed by atoms with E-state index in [9.17, 15) is 26.7 Å². The zero-order valence-electron chi connectivity index (χ0n) is 14.8. The summed E-state index contributed by atoms with van der Waals surface area (Å²) in [6.07, 6.45) is -4.38. The quantitative estimate of drug-likeness (QED) is 0.561. The SMILES string of the molecule is Cc1cccc(F)c1C(=O)Nc1ccc(Oc2cc(F)cnc2C(F)(F)F)cc1. The van der Waals surface area contributed by atoms with E-state index in [1.165, 1.54) is 30.3 Å². The van der Waals surface area contributed by atoms with Crippen LogP contribution in [0.2, 0.25) is 0 Å². The molecule has 0 bridgehead atoms. The van der Waals surface area contributed by atoms with E-state index in [2.05, 4.69) is 10.3 Å². The molecule has 1 aromatic heterocycles. The van der Waals surface area contributed by atoms with Crippen molar-refractivity contribution in [2.75, 3.05) is 5.32 Å². The second kappa shape index (κ2) is 7.86. The molecule has 0 saturated carbocycles. The molecule has 9 heteroatoms. The number of aryl methyl sites for hydroxylation is 1. The number of halogens is 5. The molecule has 0 saturated heterocycles. The molecule has 1 heterocycles. The van der Waals surface area contributed by atoms with E-state index < -0.39 is 35.2 Å². The molecule has 0 aliphatic heterocycles. The summed E-state index contributed by atoms with van der Waals surface area (Å²) in [7, 11) is 0. The van der Waals surface area contributed by atoms with Gasteiger partial charge in [-0.1, -0.05) is 12.1 Å². The van der Waals surface area contributed by atoms with Crippen LogP contribution in [0.3, 0.4) is 0 Å². The number of aromatic nitrogens is 1. The highest BCUT2D eigenvalue weighted by atomic mass is 19.4. The summed E-state index contributed by atoms with van der Waals surface area (Å²) in [5.41, 5.74) is -0.779. The molecule has 150 valence electrons. The smallest absolute Gasteiger partial charge is 0.437 e. The minimum absolute atomic E-state index is 0.0389. The minimum atomic E-state index is -4.82. The number of hydrogen-bond donors (Lipinski definition) is 1. The number of carbonyl (C=O) groups is 1. The van der Waals surface area contributed by atoms with E-state index >= 15 is 0 Å². The summed E-state index contributed by atoms with van der Waals surface area (Å²) in [5.74, 6) is -3.18. The zero-order chi connectivity index (χ0) is 21.2. The van der Waals surface area contributed by atoms with Crippen LogP contribution < -0.4 is 10.1 Å². The van der Waals surface area contributed by atoms with Crippen LogP contribution in [-0.4, -0.2) is 10.9 Å². The van der Waals surface area contributed by atoms with Gasteiger partial charge in [-0.2, -0.15) is 13.2 Å². The zero-order valence-corrected chi connectivity index (χ0v) is 14.8. The van der Waals surface area contributed by atoms with Crippen molar-refractivity contribution in [1.82, 2.24) is 4.98 Å². The van der Waals surface area contributed by atoms with Gasteiger partial charge in [-0.25, -0.2) is 13.8 Å². The normalized spacial score (nSPS) is 11.2. The number of hydrogen-bond acceptors (Lipinski definition) is 3. The molecule has 2 aromatic carbocycles. The number of alkyl halides is 3. The summed E-state index contributed by atoms with van der Waals surface area (Å²) >= 11 is 0. The summed E-state index contributed by atoms with van der Waals surface area (Å²) in [4.78, 5) is 15.3. The molecule has 0 aliphatic carbocycles. The van der Waals surface area contributed by atoms with Crippen LogP contribution in [0.5, 0.6) is 11.5 Å². The number of amides is 1. The fraction of sp³-hybridized carbons (Fsp3) is 0.100. The molecule has 3 rings (SSSR count). The van der Waals surface area contributed by atoms with E-state index in [-0.39, 0.29) is 17.0 Å². The number of nitrogens with one attached hydrogen (secondary N) is 1. The van der Waals surface area contributed by atoms with Crippen molar-refractivity contribution >= 4 is 11.6 Å². The lowest BCUT2D eigenvalue weighted by Crippen LogP contribution is -2.15. The van der Waals surface area contributed by atoms with Gasteiger partial charge in [0, 0.05) is 11.8 Å². The standard InChI is InChI=1S/C20H13F5N2O2/c1-11-3-2-4-15(22)17(11)19(28)27-13-5-7-14(8-6-13)29-16-9-12(21)10-26-18(16)20(23,24)25/h2-10H,1H3,(H,27,28). The minimum Gasteiger partial charge on any atom is -0.455 e. The molecule has 0 fully saturated rings. The molecule has 0 spiro atoms. The lowest BCUT2D eigenvalue weighted by atomic mass is 10.1. The Bertz CT molecular complexity index is 1030. The monoisotopic (exact) mass is 408 g/mol. The maximum atomic E-state index is 13.9. The Kier molecular flexibility index (Phi) is 5.49. The maximum Gasteiger partial charge on any atom is 0.437 e. The predicted molar refractivity (Wildman–Crippen MR) is 94.8 cm³/mol. The number of carbonyl (C=O) groups excluding carboxylic acids is 1. The molecular formula is C20H13F5N2O2. The maximum absolute atomic E-state index is 13.9. The second-order valence-corrected chi connectivity index (χ2v) is 6.01. The molecule has 0 unspecified atom stereocenters. The van der Waals surface area contributed by atoms with Crippen molar-refractivity contribution < 1.29 is 31.5 Å². The van der Waals surface area contributed by atoms with Crippen molar-refractivity contribution in [2.45, 2.75) is 13.1 Å². The number of pyridine rings is 1. The van der Waals surface area contributed by atoms with Crippen LogP contribution in [0.15, 0.2) is 54.7 Å².